The summed E-state index contributed by atoms with van der Waals surface area (Å²) < 4.78 is 0. The van der Waals surface area contributed by atoms with Gasteiger partial charge in [-0.15, -0.1) is 0 Å². The number of rotatable bonds is 2. The summed E-state index contributed by atoms with van der Waals surface area (Å²) in [5.41, 5.74) is 2.15. The first-order chi connectivity index (χ1) is 5.29. The molecular formula is C11H14. The van der Waals surface area contributed by atoms with Crippen molar-refractivity contribution in [3.8, 4) is 0 Å². The predicted octanol–water partition coefficient (Wildman–Crippen LogP) is 3.03. The summed E-state index contributed by atoms with van der Waals surface area (Å²) in [6, 6.07) is 10.8. The van der Waals surface area contributed by atoms with Crippen molar-refractivity contribution in [2.45, 2.75) is 26.2 Å². The second kappa shape index (κ2) is 2.37. The summed E-state index contributed by atoms with van der Waals surface area (Å²) in [5, 5.41) is 0. The topological polar surface area (TPSA) is 0 Å². The molecule has 0 bridgehead atoms. The quantitative estimate of drug-likeness (QED) is 0.601. The van der Waals surface area contributed by atoms with Crippen LogP contribution in [0.1, 0.15) is 25.3 Å². The van der Waals surface area contributed by atoms with E-state index >= 15 is 0 Å². The molecule has 0 atom stereocenters. The van der Waals surface area contributed by atoms with Crippen LogP contribution in [0.4, 0.5) is 0 Å². The summed E-state index contributed by atoms with van der Waals surface area (Å²) in [4.78, 5) is 0. The summed E-state index contributed by atoms with van der Waals surface area (Å²) in [5.74, 6) is 0. The Morgan fingerprint density at radius 1 is 1.18 bits per heavy atom. The SMILES string of the molecule is CC1(Cc2ccccc2)CC1. The standard InChI is InChI=1S/C11H14/c1-11(7-8-11)9-10-5-3-2-4-6-10/h2-6H,7-9H2,1H3. The molecule has 0 spiro atoms. The van der Waals surface area contributed by atoms with Gasteiger partial charge in [0.25, 0.3) is 0 Å². The summed E-state index contributed by atoms with van der Waals surface area (Å²) >= 11 is 0. The molecule has 0 aliphatic heterocycles. The molecule has 0 unspecified atom stereocenters. The van der Waals surface area contributed by atoms with E-state index in [1.807, 2.05) is 0 Å². The lowest BCUT2D eigenvalue weighted by molar-refractivity contribution is 0.570. The number of hydrogen-bond donors (Lipinski definition) is 0. The fraction of sp³-hybridized carbons (Fsp3) is 0.455. The van der Waals surface area contributed by atoms with Gasteiger partial charge in [-0.2, -0.15) is 0 Å². The molecule has 1 aliphatic rings. The molecule has 1 aromatic carbocycles. The minimum atomic E-state index is 0.654. The second-order valence-corrected chi connectivity index (χ2v) is 3.97. The van der Waals surface area contributed by atoms with E-state index in [1.54, 1.807) is 0 Å². The highest BCUT2D eigenvalue weighted by atomic mass is 14.4. The van der Waals surface area contributed by atoms with E-state index in [9.17, 15) is 0 Å². The molecule has 1 aromatic rings. The molecule has 11 heavy (non-hydrogen) atoms. The maximum absolute atomic E-state index is 2.38. The van der Waals surface area contributed by atoms with Crippen LogP contribution >= 0.6 is 0 Å². The van der Waals surface area contributed by atoms with Gasteiger partial charge in [0.2, 0.25) is 0 Å². The highest BCUT2D eigenvalue weighted by Gasteiger charge is 2.36. The van der Waals surface area contributed by atoms with Crippen LogP contribution in [0, 0.1) is 5.41 Å². The molecule has 0 saturated heterocycles. The van der Waals surface area contributed by atoms with Crippen LogP contribution in [0.25, 0.3) is 0 Å². The van der Waals surface area contributed by atoms with Crippen LogP contribution < -0.4 is 0 Å². The van der Waals surface area contributed by atoms with Crippen LogP contribution in [0.15, 0.2) is 30.3 Å². The van der Waals surface area contributed by atoms with Gasteiger partial charge >= 0.3 is 0 Å². The van der Waals surface area contributed by atoms with Gasteiger partial charge in [0, 0.05) is 0 Å². The van der Waals surface area contributed by atoms with Gasteiger partial charge in [-0.05, 0) is 30.2 Å². The molecule has 0 heterocycles. The lowest BCUT2D eigenvalue weighted by Crippen LogP contribution is -1.97. The molecule has 1 fully saturated rings. The van der Waals surface area contributed by atoms with Crippen molar-refractivity contribution >= 4 is 0 Å². The van der Waals surface area contributed by atoms with Crippen LogP contribution in [0.2, 0.25) is 0 Å². The van der Waals surface area contributed by atoms with Crippen molar-refractivity contribution in [1.82, 2.24) is 0 Å². The third-order valence-corrected chi connectivity index (χ3v) is 2.58. The second-order valence-electron chi connectivity index (χ2n) is 3.97. The molecule has 0 heteroatoms. The Hall–Kier alpha value is -0.780. The first kappa shape index (κ1) is 6.90. The molecule has 1 aliphatic carbocycles. The Bertz CT molecular complexity index is 231. The van der Waals surface area contributed by atoms with E-state index in [-0.39, 0.29) is 0 Å². The number of benzene rings is 1. The van der Waals surface area contributed by atoms with Gasteiger partial charge in [0.15, 0.2) is 0 Å². The van der Waals surface area contributed by atoms with E-state index in [4.69, 9.17) is 0 Å². The van der Waals surface area contributed by atoms with Gasteiger partial charge in [-0.3, -0.25) is 0 Å². The Morgan fingerprint density at radius 3 is 2.36 bits per heavy atom. The molecule has 0 nitrogen and oxygen atoms in total. The van der Waals surface area contributed by atoms with Crippen LogP contribution in [0.5, 0.6) is 0 Å². The Balaban J connectivity index is 2.07. The van der Waals surface area contributed by atoms with Gasteiger partial charge in [0.1, 0.15) is 0 Å². The fourth-order valence-corrected chi connectivity index (χ4v) is 1.48. The molecule has 2 rings (SSSR count). The summed E-state index contributed by atoms with van der Waals surface area (Å²) in [6.07, 6.45) is 4.11. The zero-order chi connectivity index (χ0) is 7.73. The first-order valence-corrected chi connectivity index (χ1v) is 4.32. The maximum atomic E-state index is 2.38. The van der Waals surface area contributed by atoms with Crippen molar-refractivity contribution in [3.63, 3.8) is 0 Å². The minimum Gasteiger partial charge on any atom is -0.0622 e. The summed E-state index contributed by atoms with van der Waals surface area (Å²) in [6.45, 7) is 2.38. The fourth-order valence-electron chi connectivity index (χ4n) is 1.48. The smallest absolute Gasteiger partial charge is 0.0225 e. The molecule has 0 radical (unpaired) electrons. The van der Waals surface area contributed by atoms with E-state index in [0.717, 1.165) is 0 Å². The predicted molar refractivity (Wildman–Crippen MR) is 47.5 cm³/mol. The highest BCUT2D eigenvalue weighted by molar-refractivity contribution is 5.17. The summed E-state index contributed by atoms with van der Waals surface area (Å²) in [7, 11) is 0. The average Bonchev–Trinajstić information content (AvgIpc) is 2.70. The average molecular weight is 146 g/mol. The first-order valence-electron chi connectivity index (χ1n) is 4.32. The largest absolute Gasteiger partial charge is 0.0622 e. The van der Waals surface area contributed by atoms with Gasteiger partial charge in [-0.25, -0.2) is 0 Å². The molecule has 0 N–H and O–H groups in total. The third kappa shape index (κ3) is 1.62. The molecule has 58 valence electrons. The third-order valence-electron chi connectivity index (χ3n) is 2.58. The molecule has 1 saturated carbocycles. The maximum Gasteiger partial charge on any atom is -0.0225 e. The number of hydrogen-bond acceptors (Lipinski definition) is 0. The van der Waals surface area contributed by atoms with Crippen LogP contribution in [-0.2, 0) is 6.42 Å². The molecule has 0 amide bonds. The van der Waals surface area contributed by atoms with Crippen molar-refractivity contribution in [2.24, 2.45) is 5.41 Å². The van der Waals surface area contributed by atoms with Crippen molar-refractivity contribution < 1.29 is 0 Å². The van der Waals surface area contributed by atoms with Crippen LogP contribution in [-0.4, -0.2) is 0 Å². The monoisotopic (exact) mass is 146 g/mol. The normalized spacial score (nSPS) is 19.7. The Labute approximate surface area is 68.3 Å². The van der Waals surface area contributed by atoms with E-state index < -0.39 is 0 Å². The zero-order valence-electron chi connectivity index (χ0n) is 7.01. The molecule has 0 aromatic heterocycles. The van der Waals surface area contributed by atoms with Gasteiger partial charge in [0.05, 0.1) is 0 Å². The van der Waals surface area contributed by atoms with Crippen molar-refractivity contribution in [2.75, 3.05) is 0 Å². The van der Waals surface area contributed by atoms with E-state index in [2.05, 4.69) is 37.3 Å². The zero-order valence-corrected chi connectivity index (χ0v) is 7.01. The van der Waals surface area contributed by atoms with E-state index in [1.165, 1.54) is 24.8 Å². The lowest BCUT2D eigenvalue weighted by atomic mass is 9.99. The molecular weight excluding hydrogens is 132 g/mol. The Kier molecular flexibility index (Phi) is 1.49. The van der Waals surface area contributed by atoms with Crippen molar-refractivity contribution in [3.05, 3.63) is 35.9 Å². The highest BCUT2D eigenvalue weighted by Crippen LogP contribution is 2.47. The van der Waals surface area contributed by atoms with Gasteiger partial charge < -0.3 is 0 Å². The Morgan fingerprint density at radius 2 is 1.82 bits per heavy atom. The van der Waals surface area contributed by atoms with E-state index in [0.29, 0.717) is 5.41 Å². The van der Waals surface area contributed by atoms with Crippen LogP contribution in [0.3, 0.4) is 0 Å². The van der Waals surface area contributed by atoms with Gasteiger partial charge in [-0.1, -0.05) is 37.3 Å². The van der Waals surface area contributed by atoms with Crippen molar-refractivity contribution in [1.29, 1.82) is 0 Å². The lowest BCUT2D eigenvalue weighted by Gasteiger charge is -2.06. The minimum absolute atomic E-state index is 0.654.